The van der Waals surface area contributed by atoms with E-state index < -0.39 is 11.7 Å². The van der Waals surface area contributed by atoms with E-state index >= 15 is 0 Å². The van der Waals surface area contributed by atoms with Crippen molar-refractivity contribution in [2.75, 3.05) is 0 Å². The SMILES string of the molecule is FC(F)(F)c1ccc(-c2ccc3c(ccc4c5ccccc5ccc34)c2)cc1. The molecule has 3 heteroatoms. The van der Waals surface area contributed by atoms with Crippen molar-refractivity contribution in [2.24, 2.45) is 0 Å². The minimum atomic E-state index is -4.32. The Labute approximate surface area is 159 Å². The Balaban J connectivity index is 1.65. The fourth-order valence-electron chi connectivity index (χ4n) is 3.86. The number of benzene rings is 5. The number of alkyl halides is 3. The molecule has 0 bridgehead atoms. The third kappa shape index (κ3) is 2.71. The van der Waals surface area contributed by atoms with Crippen LogP contribution < -0.4 is 0 Å². The summed E-state index contributed by atoms with van der Waals surface area (Å²) in [5.74, 6) is 0. The van der Waals surface area contributed by atoms with E-state index in [0.29, 0.717) is 0 Å². The third-order valence-corrected chi connectivity index (χ3v) is 5.29. The van der Waals surface area contributed by atoms with Crippen LogP contribution >= 0.6 is 0 Å². The van der Waals surface area contributed by atoms with Crippen LogP contribution in [0.1, 0.15) is 5.56 Å². The maximum absolute atomic E-state index is 12.8. The summed E-state index contributed by atoms with van der Waals surface area (Å²) in [7, 11) is 0. The van der Waals surface area contributed by atoms with Crippen molar-refractivity contribution in [1.29, 1.82) is 0 Å². The van der Waals surface area contributed by atoms with Crippen LogP contribution in [0.5, 0.6) is 0 Å². The number of hydrogen-bond donors (Lipinski definition) is 0. The lowest BCUT2D eigenvalue weighted by molar-refractivity contribution is -0.137. The molecule has 5 rings (SSSR count). The lowest BCUT2D eigenvalue weighted by atomic mass is 9.94. The highest BCUT2D eigenvalue weighted by Gasteiger charge is 2.29. The fourth-order valence-corrected chi connectivity index (χ4v) is 3.86. The number of halogens is 3. The summed E-state index contributed by atoms with van der Waals surface area (Å²) in [5, 5.41) is 7.01. The van der Waals surface area contributed by atoms with Crippen LogP contribution in [0, 0.1) is 0 Å². The van der Waals surface area contributed by atoms with Gasteiger partial charge in [0.1, 0.15) is 0 Å². The second kappa shape index (κ2) is 6.10. The lowest BCUT2D eigenvalue weighted by Crippen LogP contribution is -2.03. The van der Waals surface area contributed by atoms with Gasteiger partial charge in [0.15, 0.2) is 0 Å². The summed E-state index contributed by atoms with van der Waals surface area (Å²) < 4.78 is 38.4. The molecule has 0 N–H and O–H groups in total. The van der Waals surface area contributed by atoms with E-state index in [1.807, 2.05) is 24.3 Å². The van der Waals surface area contributed by atoms with Gasteiger partial charge in [0.25, 0.3) is 0 Å². The Hall–Kier alpha value is -3.33. The molecule has 0 aliphatic heterocycles. The number of fused-ring (bicyclic) bond motifs is 5. The van der Waals surface area contributed by atoms with Crippen LogP contribution in [0.3, 0.4) is 0 Å². The molecule has 0 heterocycles. The van der Waals surface area contributed by atoms with Gasteiger partial charge in [-0.05, 0) is 61.6 Å². The first-order valence-corrected chi connectivity index (χ1v) is 9.03. The molecule has 0 unspecified atom stereocenters. The van der Waals surface area contributed by atoms with Crippen molar-refractivity contribution in [2.45, 2.75) is 6.18 Å². The van der Waals surface area contributed by atoms with Crippen molar-refractivity contribution >= 4 is 32.3 Å². The Morgan fingerprint density at radius 1 is 0.464 bits per heavy atom. The third-order valence-electron chi connectivity index (χ3n) is 5.29. The average molecular weight is 372 g/mol. The van der Waals surface area contributed by atoms with Gasteiger partial charge in [-0.2, -0.15) is 13.2 Å². The van der Waals surface area contributed by atoms with Crippen LogP contribution in [0.2, 0.25) is 0 Å². The van der Waals surface area contributed by atoms with Gasteiger partial charge in [0.05, 0.1) is 5.56 Å². The number of hydrogen-bond acceptors (Lipinski definition) is 0. The predicted molar refractivity (Wildman–Crippen MR) is 109 cm³/mol. The standard InChI is InChI=1S/C25H15F3/c26-25(27,28)20-10-5-16(6-11-20)18-8-12-22-19(15-18)9-14-23-21-4-2-1-3-17(21)7-13-24(22)23/h1-15H. The van der Waals surface area contributed by atoms with Gasteiger partial charge in [-0.1, -0.05) is 72.8 Å². The fraction of sp³-hybridized carbons (Fsp3) is 0.0400. The maximum Gasteiger partial charge on any atom is 0.416 e. The monoisotopic (exact) mass is 372 g/mol. The van der Waals surface area contributed by atoms with E-state index in [2.05, 4.69) is 42.5 Å². The zero-order valence-electron chi connectivity index (χ0n) is 14.8. The molecular formula is C25H15F3. The van der Waals surface area contributed by atoms with Gasteiger partial charge in [-0.15, -0.1) is 0 Å². The van der Waals surface area contributed by atoms with Gasteiger partial charge < -0.3 is 0 Å². The Morgan fingerprint density at radius 3 is 1.75 bits per heavy atom. The molecular weight excluding hydrogens is 357 g/mol. The zero-order chi connectivity index (χ0) is 19.3. The summed E-state index contributed by atoms with van der Waals surface area (Å²) in [6.07, 6.45) is -4.32. The summed E-state index contributed by atoms with van der Waals surface area (Å²) in [6.45, 7) is 0. The second-order valence-electron chi connectivity index (χ2n) is 6.96. The lowest BCUT2D eigenvalue weighted by Gasteiger charge is -2.10. The summed E-state index contributed by atoms with van der Waals surface area (Å²) in [6, 6.07) is 28.1. The molecule has 28 heavy (non-hydrogen) atoms. The van der Waals surface area contributed by atoms with E-state index in [4.69, 9.17) is 0 Å². The first kappa shape index (κ1) is 16.8. The zero-order valence-corrected chi connectivity index (χ0v) is 14.8. The molecule has 0 saturated carbocycles. The highest BCUT2D eigenvalue weighted by Crippen LogP contribution is 2.34. The molecule has 0 radical (unpaired) electrons. The molecule has 5 aromatic rings. The van der Waals surface area contributed by atoms with E-state index in [9.17, 15) is 13.2 Å². The summed E-state index contributed by atoms with van der Waals surface area (Å²) >= 11 is 0. The molecule has 0 atom stereocenters. The van der Waals surface area contributed by atoms with Crippen LogP contribution in [0.25, 0.3) is 43.4 Å². The van der Waals surface area contributed by atoms with E-state index in [-0.39, 0.29) is 0 Å². The quantitative estimate of drug-likeness (QED) is 0.263. The van der Waals surface area contributed by atoms with Crippen molar-refractivity contribution in [3.05, 3.63) is 96.6 Å². The predicted octanol–water partition coefficient (Wildman–Crippen LogP) is 7.83. The van der Waals surface area contributed by atoms with E-state index in [1.54, 1.807) is 0 Å². The molecule has 136 valence electrons. The van der Waals surface area contributed by atoms with Crippen LogP contribution in [0.15, 0.2) is 91.0 Å². The smallest absolute Gasteiger partial charge is 0.166 e. The first-order valence-electron chi connectivity index (χ1n) is 9.03. The molecule has 5 aromatic carbocycles. The Bertz CT molecular complexity index is 1330. The molecule has 0 aliphatic rings. The van der Waals surface area contributed by atoms with Gasteiger partial charge >= 0.3 is 6.18 Å². The van der Waals surface area contributed by atoms with Crippen molar-refractivity contribution in [1.82, 2.24) is 0 Å². The molecule has 0 spiro atoms. The normalized spacial score (nSPS) is 12.1. The van der Waals surface area contributed by atoms with Crippen molar-refractivity contribution in [3.63, 3.8) is 0 Å². The minimum absolute atomic E-state index is 0.630. The van der Waals surface area contributed by atoms with Gasteiger partial charge in [-0.25, -0.2) is 0 Å². The molecule has 0 aliphatic carbocycles. The topological polar surface area (TPSA) is 0 Å². The highest BCUT2D eigenvalue weighted by atomic mass is 19.4. The highest BCUT2D eigenvalue weighted by molar-refractivity contribution is 6.17. The van der Waals surface area contributed by atoms with E-state index in [0.717, 1.165) is 34.0 Å². The average Bonchev–Trinajstić information content (AvgIpc) is 2.72. The maximum atomic E-state index is 12.8. The largest absolute Gasteiger partial charge is 0.416 e. The second-order valence-corrected chi connectivity index (χ2v) is 6.96. The molecule has 0 aromatic heterocycles. The summed E-state index contributed by atoms with van der Waals surface area (Å²) in [5.41, 5.74) is 1.05. The van der Waals surface area contributed by atoms with E-state index in [1.165, 1.54) is 33.7 Å². The van der Waals surface area contributed by atoms with Gasteiger partial charge in [0, 0.05) is 0 Å². The Kier molecular flexibility index (Phi) is 3.66. The Morgan fingerprint density at radius 2 is 1.04 bits per heavy atom. The first-order chi connectivity index (χ1) is 13.5. The number of rotatable bonds is 1. The van der Waals surface area contributed by atoms with Crippen LogP contribution in [-0.2, 0) is 6.18 Å². The molecule has 0 fully saturated rings. The van der Waals surface area contributed by atoms with Crippen LogP contribution in [-0.4, -0.2) is 0 Å². The molecule has 0 nitrogen and oxygen atoms in total. The van der Waals surface area contributed by atoms with Gasteiger partial charge in [-0.3, -0.25) is 0 Å². The molecule has 0 saturated heterocycles. The van der Waals surface area contributed by atoms with Gasteiger partial charge in [0.2, 0.25) is 0 Å². The van der Waals surface area contributed by atoms with Crippen molar-refractivity contribution in [3.8, 4) is 11.1 Å². The van der Waals surface area contributed by atoms with Crippen molar-refractivity contribution < 1.29 is 13.2 Å². The van der Waals surface area contributed by atoms with Crippen LogP contribution in [0.4, 0.5) is 13.2 Å². The summed E-state index contributed by atoms with van der Waals surface area (Å²) in [4.78, 5) is 0. The minimum Gasteiger partial charge on any atom is -0.166 e. The molecule has 0 amide bonds.